The van der Waals surface area contributed by atoms with E-state index in [1.807, 2.05) is 23.1 Å². The lowest BCUT2D eigenvalue weighted by atomic mass is 9.79. The molecule has 0 unspecified atom stereocenters. The predicted octanol–water partition coefficient (Wildman–Crippen LogP) is 1.49. The van der Waals surface area contributed by atoms with Crippen LogP contribution in [0.15, 0.2) is 24.4 Å². The molecule has 1 amide bonds. The van der Waals surface area contributed by atoms with E-state index in [0.717, 1.165) is 32.5 Å². The Hall–Kier alpha value is -1.62. The molecule has 5 nitrogen and oxygen atoms in total. The van der Waals surface area contributed by atoms with Crippen molar-refractivity contribution in [3.63, 3.8) is 0 Å². The summed E-state index contributed by atoms with van der Waals surface area (Å²) in [6.45, 7) is 4.51. The second-order valence-electron chi connectivity index (χ2n) is 5.58. The highest BCUT2D eigenvalue weighted by Crippen LogP contribution is 2.41. The van der Waals surface area contributed by atoms with Crippen LogP contribution >= 0.6 is 0 Å². The summed E-state index contributed by atoms with van der Waals surface area (Å²) < 4.78 is 11.6. The first kappa shape index (κ1) is 13.4. The molecule has 3 heterocycles. The van der Waals surface area contributed by atoms with Gasteiger partial charge in [-0.05, 0) is 24.8 Å². The zero-order valence-corrected chi connectivity index (χ0v) is 11.7. The van der Waals surface area contributed by atoms with Gasteiger partial charge in [-0.25, -0.2) is 4.98 Å². The SMILES string of the molecule is CC(=O)N1CC2(C1)OCC[C@H]2CCOc1ccccn1. The minimum atomic E-state index is -0.112. The number of carbonyl (C=O) groups is 1. The van der Waals surface area contributed by atoms with E-state index in [1.165, 1.54) is 0 Å². The first-order valence-electron chi connectivity index (χ1n) is 7.13. The van der Waals surface area contributed by atoms with Gasteiger partial charge in [-0.1, -0.05) is 6.07 Å². The Morgan fingerprint density at radius 3 is 3.10 bits per heavy atom. The van der Waals surface area contributed by atoms with Gasteiger partial charge in [0.25, 0.3) is 0 Å². The molecule has 0 aromatic carbocycles. The van der Waals surface area contributed by atoms with Crippen LogP contribution in [0.4, 0.5) is 0 Å². The third kappa shape index (κ3) is 2.50. The molecular weight excluding hydrogens is 256 g/mol. The Balaban J connectivity index is 1.49. The number of rotatable bonds is 4. The summed E-state index contributed by atoms with van der Waals surface area (Å²) >= 11 is 0. The standard InChI is InChI=1S/C15H20N2O3/c1-12(18)17-10-15(11-17)13(6-9-20-15)5-8-19-14-4-2-3-7-16-14/h2-4,7,13H,5-6,8-11H2,1H3/t13-/m1/s1. The Labute approximate surface area is 118 Å². The Morgan fingerprint density at radius 2 is 2.40 bits per heavy atom. The van der Waals surface area contributed by atoms with Gasteiger partial charge in [0.2, 0.25) is 11.8 Å². The third-order valence-electron chi connectivity index (χ3n) is 4.32. The van der Waals surface area contributed by atoms with Gasteiger partial charge in [-0.15, -0.1) is 0 Å². The highest BCUT2D eigenvalue weighted by atomic mass is 16.5. The lowest BCUT2D eigenvalue weighted by Crippen LogP contribution is -2.65. The largest absolute Gasteiger partial charge is 0.478 e. The molecule has 0 radical (unpaired) electrons. The molecule has 1 aromatic heterocycles. The highest BCUT2D eigenvalue weighted by Gasteiger charge is 2.53. The second kappa shape index (κ2) is 5.40. The molecule has 5 heteroatoms. The van der Waals surface area contributed by atoms with Crippen molar-refractivity contribution in [2.24, 2.45) is 5.92 Å². The number of likely N-dealkylation sites (tertiary alicyclic amines) is 1. The van der Waals surface area contributed by atoms with Gasteiger partial charge >= 0.3 is 0 Å². The van der Waals surface area contributed by atoms with Gasteiger partial charge in [0, 0.05) is 25.8 Å². The molecule has 1 spiro atoms. The van der Waals surface area contributed by atoms with Gasteiger partial charge in [0.15, 0.2) is 0 Å². The smallest absolute Gasteiger partial charge is 0.219 e. The number of pyridine rings is 1. The summed E-state index contributed by atoms with van der Waals surface area (Å²) in [5, 5.41) is 0. The van der Waals surface area contributed by atoms with E-state index in [1.54, 1.807) is 13.1 Å². The summed E-state index contributed by atoms with van der Waals surface area (Å²) in [6, 6.07) is 5.65. The van der Waals surface area contributed by atoms with Gasteiger partial charge in [0.05, 0.1) is 19.7 Å². The lowest BCUT2D eigenvalue weighted by molar-refractivity contribution is -0.163. The van der Waals surface area contributed by atoms with Crippen molar-refractivity contribution in [3.8, 4) is 5.88 Å². The number of ether oxygens (including phenoxy) is 2. The van der Waals surface area contributed by atoms with Gasteiger partial charge in [0.1, 0.15) is 5.60 Å². The Bertz CT molecular complexity index is 471. The molecule has 0 aliphatic carbocycles. The summed E-state index contributed by atoms with van der Waals surface area (Å²) in [5.41, 5.74) is -0.112. The van der Waals surface area contributed by atoms with Gasteiger partial charge in [-0.3, -0.25) is 4.79 Å². The summed E-state index contributed by atoms with van der Waals surface area (Å²) in [5.74, 6) is 1.27. The van der Waals surface area contributed by atoms with Crippen LogP contribution in [-0.2, 0) is 9.53 Å². The van der Waals surface area contributed by atoms with Crippen molar-refractivity contribution in [1.82, 2.24) is 9.88 Å². The normalized spacial score (nSPS) is 23.6. The van der Waals surface area contributed by atoms with Crippen molar-refractivity contribution in [2.75, 3.05) is 26.3 Å². The minimum absolute atomic E-state index is 0.112. The van der Waals surface area contributed by atoms with E-state index in [0.29, 0.717) is 18.4 Å². The fourth-order valence-electron chi connectivity index (χ4n) is 3.10. The Kier molecular flexibility index (Phi) is 3.61. The van der Waals surface area contributed by atoms with Crippen LogP contribution < -0.4 is 4.74 Å². The molecule has 0 N–H and O–H groups in total. The molecule has 1 atom stereocenters. The molecule has 1 aromatic rings. The topological polar surface area (TPSA) is 51.7 Å². The van der Waals surface area contributed by atoms with Crippen LogP contribution in [0.25, 0.3) is 0 Å². The molecular formula is C15H20N2O3. The molecule has 0 bridgehead atoms. The molecule has 2 fully saturated rings. The van der Waals surface area contributed by atoms with E-state index in [4.69, 9.17) is 9.47 Å². The number of hydrogen-bond acceptors (Lipinski definition) is 4. The van der Waals surface area contributed by atoms with E-state index in [-0.39, 0.29) is 11.5 Å². The number of hydrogen-bond donors (Lipinski definition) is 0. The van der Waals surface area contributed by atoms with Crippen LogP contribution in [0.2, 0.25) is 0 Å². The number of amides is 1. The fraction of sp³-hybridized carbons (Fsp3) is 0.600. The maximum atomic E-state index is 11.3. The second-order valence-corrected chi connectivity index (χ2v) is 5.58. The van der Waals surface area contributed by atoms with Crippen molar-refractivity contribution in [3.05, 3.63) is 24.4 Å². The maximum absolute atomic E-state index is 11.3. The number of carbonyl (C=O) groups excluding carboxylic acids is 1. The Morgan fingerprint density at radius 1 is 1.55 bits per heavy atom. The average Bonchev–Trinajstić information content (AvgIpc) is 2.82. The van der Waals surface area contributed by atoms with Crippen molar-refractivity contribution in [2.45, 2.75) is 25.4 Å². The lowest BCUT2D eigenvalue weighted by Gasteiger charge is -2.50. The first-order valence-corrected chi connectivity index (χ1v) is 7.13. The molecule has 2 aliphatic heterocycles. The quantitative estimate of drug-likeness (QED) is 0.836. The molecule has 0 saturated carbocycles. The monoisotopic (exact) mass is 276 g/mol. The maximum Gasteiger partial charge on any atom is 0.219 e. The fourth-order valence-corrected chi connectivity index (χ4v) is 3.10. The van der Waals surface area contributed by atoms with Crippen LogP contribution in [0, 0.1) is 5.92 Å². The van der Waals surface area contributed by atoms with Crippen LogP contribution in [0.3, 0.4) is 0 Å². The van der Waals surface area contributed by atoms with E-state index in [2.05, 4.69) is 4.98 Å². The molecule has 20 heavy (non-hydrogen) atoms. The van der Waals surface area contributed by atoms with E-state index < -0.39 is 0 Å². The van der Waals surface area contributed by atoms with Crippen LogP contribution in [0.5, 0.6) is 5.88 Å². The number of aromatic nitrogens is 1. The minimum Gasteiger partial charge on any atom is -0.478 e. The highest BCUT2D eigenvalue weighted by molar-refractivity contribution is 5.74. The predicted molar refractivity (Wildman–Crippen MR) is 73.4 cm³/mol. The van der Waals surface area contributed by atoms with Crippen molar-refractivity contribution in [1.29, 1.82) is 0 Å². The third-order valence-corrected chi connectivity index (χ3v) is 4.32. The number of nitrogens with zero attached hydrogens (tertiary/aromatic N) is 2. The molecule has 3 rings (SSSR count). The van der Waals surface area contributed by atoms with Crippen LogP contribution in [-0.4, -0.2) is 47.7 Å². The van der Waals surface area contributed by atoms with E-state index >= 15 is 0 Å². The van der Waals surface area contributed by atoms with Crippen molar-refractivity contribution >= 4 is 5.91 Å². The zero-order valence-electron chi connectivity index (χ0n) is 11.7. The molecule has 2 aliphatic rings. The van der Waals surface area contributed by atoms with Gasteiger partial charge in [-0.2, -0.15) is 0 Å². The first-order chi connectivity index (χ1) is 9.70. The van der Waals surface area contributed by atoms with Crippen LogP contribution in [0.1, 0.15) is 19.8 Å². The zero-order chi connectivity index (χ0) is 14.0. The summed E-state index contributed by atoms with van der Waals surface area (Å²) in [6.07, 6.45) is 3.73. The average molecular weight is 276 g/mol. The van der Waals surface area contributed by atoms with E-state index in [9.17, 15) is 4.79 Å². The van der Waals surface area contributed by atoms with Crippen molar-refractivity contribution < 1.29 is 14.3 Å². The summed E-state index contributed by atoms with van der Waals surface area (Å²) in [4.78, 5) is 17.3. The molecule has 2 saturated heterocycles. The van der Waals surface area contributed by atoms with Gasteiger partial charge < -0.3 is 14.4 Å². The molecule has 108 valence electrons. The summed E-state index contributed by atoms with van der Waals surface area (Å²) in [7, 11) is 0.